The van der Waals surface area contributed by atoms with Gasteiger partial charge in [0.25, 0.3) is 5.91 Å². The van der Waals surface area contributed by atoms with Crippen molar-refractivity contribution >= 4 is 35.1 Å². The van der Waals surface area contributed by atoms with Crippen LogP contribution in [0.2, 0.25) is 0 Å². The van der Waals surface area contributed by atoms with Crippen molar-refractivity contribution in [1.82, 2.24) is 4.90 Å². The highest BCUT2D eigenvalue weighted by atomic mass is 32.2. The van der Waals surface area contributed by atoms with Crippen molar-refractivity contribution in [2.75, 3.05) is 29.6 Å². The van der Waals surface area contributed by atoms with E-state index in [1.807, 2.05) is 48.2 Å². The Hall–Kier alpha value is -3.45. The predicted molar refractivity (Wildman–Crippen MR) is 132 cm³/mol. The summed E-state index contributed by atoms with van der Waals surface area (Å²) in [6, 6.07) is 22.9. The fourth-order valence-electron chi connectivity index (χ4n) is 4.47. The van der Waals surface area contributed by atoms with Crippen molar-refractivity contribution in [3.63, 3.8) is 0 Å². The van der Waals surface area contributed by atoms with E-state index in [2.05, 4.69) is 17.4 Å². The maximum atomic E-state index is 14.0. The molecule has 0 aromatic heterocycles. The number of rotatable bonds is 4. The Morgan fingerprint density at radius 2 is 1.79 bits per heavy atom. The van der Waals surface area contributed by atoms with Gasteiger partial charge in [0, 0.05) is 23.5 Å². The van der Waals surface area contributed by atoms with Gasteiger partial charge in [-0.05, 0) is 42.8 Å². The molecule has 1 N–H and O–H groups in total. The molecule has 5 rings (SSSR count). The number of carbonyl (C=O) groups is 2. The van der Waals surface area contributed by atoms with Gasteiger partial charge in [0.1, 0.15) is 5.75 Å². The highest BCUT2D eigenvalue weighted by Gasteiger charge is 2.59. The number of thioether (sulfide) groups is 1. The van der Waals surface area contributed by atoms with Crippen LogP contribution in [0.15, 0.2) is 72.8 Å². The van der Waals surface area contributed by atoms with Gasteiger partial charge in [-0.3, -0.25) is 9.69 Å². The summed E-state index contributed by atoms with van der Waals surface area (Å²) in [6.45, 7) is 3.00. The van der Waals surface area contributed by atoms with Gasteiger partial charge in [-0.25, -0.2) is 4.79 Å². The maximum Gasteiger partial charge on any atom is 0.323 e. The van der Waals surface area contributed by atoms with E-state index in [0.29, 0.717) is 30.3 Å². The Morgan fingerprint density at radius 1 is 1.06 bits per heavy atom. The number of amides is 3. The number of ether oxygens (including phenoxy) is 1. The first-order chi connectivity index (χ1) is 16.0. The normalized spacial score (nSPS) is 19.2. The van der Waals surface area contributed by atoms with E-state index < -0.39 is 4.87 Å². The average molecular weight is 460 g/mol. The van der Waals surface area contributed by atoms with Crippen LogP contribution in [-0.4, -0.2) is 36.2 Å². The van der Waals surface area contributed by atoms with Gasteiger partial charge in [-0.1, -0.05) is 48.0 Å². The van der Waals surface area contributed by atoms with Crippen molar-refractivity contribution in [2.45, 2.75) is 18.3 Å². The SMILES string of the molecule is COc1ccc(NC(=O)N2CCS[C@@]23C(=O)N(Cc2ccc(C)cc2)c2ccccc23)cc1. The minimum Gasteiger partial charge on any atom is -0.497 e. The van der Waals surface area contributed by atoms with E-state index in [9.17, 15) is 9.59 Å². The van der Waals surface area contributed by atoms with Gasteiger partial charge in [-0.15, -0.1) is 11.8 Å². The molecule has 3 amide bonds. The summed E-state index contributed by atoms with van der Waals surface area (Å²) in [6.07, 6.45) is 0. The van der Waals surface area contributed by atoms with E-state index in [0.717, 1.165) is 16.8 Å². The smallest absolute Gasteiger partial charge is 0.323 e. The third-order valence-corrected chi connectivity index (χ3v) is 7.57. The molecule has 168 valence electrons. The van der Waals surface area contributed by atoms with Crippen molar-refractivity contribution in [1.29, 1.82) is 0 Å². The number of aryl methyl sites for hydroxylation is 1. The summed E-state index contributed by atoms with van der Waals surface area (Å²) in [5, 5.41) is 2.96. The zero-order chi connectivity index (χ0) is 23.0. The lowest BCUT2D eigenvalue weighted by Crippen LogP contribution is -2.51. The number of urea groups is 1. The van der Waals surface area contributed by atoms with Gasteiger partial charge in [0.15, 0.2) is 4.87 Å². The van der Waals surface area contributed by atoms with Crippen LogP contribution in [0.3, 0.4) is 0 Å². The highest BCUT2D eigenvalue weighted by molar-refractivity contribution is 8.01. The highest BCUT2D eigenvalue weighted by Crippen LogP contribution is 2.54. The fourth-order valence-corrected chi connectivity index (χ4v) is 5.93. The monoisotopic (exact) mass is 459 g/mol. The standard InChI is InChI=1S/C26H25N3O3S/c1-18-7-9-19(10-8-18)17-28-23-6-4-3-5-22(23)26(24(28)30)29(15-16-33-26)25(31)27-20-11-13-21(32-2)14-12-20/h3-14H,15-17H2,1-2H3,(H,27,31)/t26-/m0/s1. The lowest BCUT2D eigenvalue weighted by Gasteiger charge is -2.33. The number of hydrogen-bond donors (Lipinski definition) is 1. The lowest BCUT2D eigenvalue weighted by molar-refractivity contribution is -0.123. The number of hydrogen-bond acceptors (Lipinski definition) is 4. The average Bonchev–Trinajstić information content (AvgIpc) is 3.38. The van der Waals surface area contributed by atoms with Crippen LogP contribution >= 0.6 is 11.8 Å². The molecule has 1 spiro atoms. The van der Waals surface area contributed by atoms with E-state index in [-0.39, 0.29) is 11.9 Å². The molecule has 3 aromatic rings. The number of anilines is 2. The number of nitrogens with zero attached hydrogens (tertiary/aromatic N) is 2. The van der Waals surface area contributed by atoms with E-state index in [4.69, 9.17) is 4.74 Å². The fraction of sp³-hybridized carbons (Fsp3) is 0.231. The number of fused-ring (bicyclic) bond motifs is 2. The zero-order valence-corrected chi connectivity index (χ0v) is 19.4. The minimum absolute atomic E-state index is 0.0725. The molecule has 1 saturated heterocycles. The van der Waals surface area contributed by atoms with Gasteiger partial charge in [-0.2, -0.15) is 0 Å². The molecule has 0 saturated carbocycles. The molecular weight excluding hydrogens is 434 g/mol. The van der Waals surface area contributed by atoms with Gasteiger partial charge in [0.2, 0.25) is 0 Å². The minimum atomic E-state index is -1.06. The molecule has 6 nitrogen and oxygen atoms in total. The second-order valence-corrected chi connectivity index (χ2v) is 9.48. The Morgan fingerprint density at radius 3 is 2.52 bits per heavy atom. The molecule has 33 heavy (non-hydrogen) atoms. The summed E-state index contributed by atoms with van der Waals surface area (Å²) >= 11 is 1.53. The number of methoxy groups -OCH3 is 1. The lowest BCUT2D eigenvalue weighted by atomic mass is 10.1. The van der Waals surface area contributed by atoms with E-state index in [1.165, 1.54) is 17.3 Å². The summed E-state index contributed by atoms with van der Waals surface area (Å²) in [7, 11) is 1.60. The maximum absolute atomic E-state index is 14.0. The molecule has 1 atom stereocenters. The number of nitrogens with one attached hydrogen (secondary N) is 1. The second-order valence-electron chi connectivity index (χ2n) is 8.20. The first kappa shape index (κ1) is 21.4. The molecule has 2 aliphatic rings. The Kier molecular flexibility index (Phi) is 5.50. The predicted octanol–water partition coefficient (Wildman–Crippen LogP) is 4.98. The largest absolute Gasteiger partial charge is 0.497 e. The molecule has 3 aromatic carbocycles. The van der Waals surface area contributed by atoms with Crippen molar-refractivity contribution in [2.24, 2.45) is 0 Å². The molecular formula is C26H25N3O3S. The Balaban J connectivity index is 1.47. The van der Waals surface area contributed by atoms with Crippen molar-refractivity contribution in [3.05, 3.63) is 89.5 Å². The summed E-state index contributed by atoms with van der Waals surface area (Å²) in [5.74, 6) is 1.33. The summed E-state index contributed by atoms with van der Waals surface area (Å²) in [5.41, 5.74) is 4.62. The quantitative estimate of drug-likeness (QED) is 0.598. The number of carbonyl (C=O) groups excluding carboxylic acids is 2. The number of para-hydroxylation sites is 1. The summed E-state index contributed by atoms with van der Waals surface area (Å²) in [4.78, 5) is 29.8. The van der Waals surface area contributed by atoms with Crippen molar-refractivity contribution in [3.8, 4) is 5.75 Å². The summed E-state index contributed by atoms with van der Waals surface area (Å²) < 4.78 is 5.19. The Bertz CT molecular complexity index is 1200. The number of benzene rings is 3. The molecule has 0 bridgehead atoms. The van der Waals surface area contributed by atoms with Crippen LogP contribution in [0.5, 0.6) is 5.75 Å². The first-order valence-corrected chi connectivity index (χ1v) is 11.8. The molecule has 2 aliphatic heterocycles. The van der Waals surface area contributed by atoms with Crippen LogP contribution in [-0.2, 0) is 16.2 Å². The van der Waals surface area contributed by atoms with Crippen molar-refractivity contribution < 1.29 is 14.3 Å². The zero-order valence-electron chi connectivity index (χ0n) is 18.6. The van der Waals surface area contributed by atoms with Gasteiger partial charge < -0.3 is 15.0 Å². The molecule has 0 unspecified atom stereocenters. The second kappa shape index (κ2) is 8.48. The van der Waals surface area contributed by atoms with E-state index >= 15 is 0 Å². The third kappa shape index (κ3) is 3.62. The molecule has 0 radical (unpaired) electrons. The van der Waals surface area contributed by atoms with Gasteiger partial charge >= 0.3 is 6.03 Å². The van der Waals surface area contributed by atoms with Crippen LogP contribution in [0.4, 0.5) is 16.2 Å². The third-order valence-electron chi connectivity index (χ3n) is 6.15. The molecule has 7 heteroatoms. The van der Waals surface area contributed by atoms with Crippen LogP contribution in [0, 0.1) is 6.92 Å². The topological polar surface area (TPSA) is 61.9 Å². The first-order valence-electron chi connectivity index (χ1n) is 10.9. The van der Waals surface area contributed by atoms with Gasteiger partial charge in [0.05, 0.1) is 19.3 Å². The molecule has 1 fully saturated rings. The molecule has 2 heterocycles. The van der Waals surface area contributed by atoms with Crippen LogP contribution in [0.1, 0.15) is 16.7 Å². The van der Waals surface area contributed by atoms with Crippen LogP contribution < -0.4 is 15.0 Å². The Labute approximate surface area is 197 Å². The molecule has 0 aliphatic carbocycles. The van der Waals surface area contributed by atoms with Crippen LogP contribution in [0.25, 0.3) is 0 Å². The van der Waals surface area contributed by atoms with E-state index in [1.54, 1.807) is 36.3 Å².